The molecule has 2 aromatic carbocycles. The van der Waals surface area contributed by atoms with Crippen molar-refractivity contribution in [2.75, 3.05) is 34.4 Å². The molecule has 0 aliphatic rings. The average Bonchev–Trinajstić information content (AvgIpc) is 2.65. The third-order valence-corrected chi connectivity index (χ3v) is 4.53. The first-order chi connectivity index (χ1) is 12.1. The normalized spacial score (nSPS) is 10.4. The molecule has 0 heterocycles. The van der Waals surface area contributed by atoms with Crippen LogP contribution in [-0.2, 0) is 17.8 Å². The van der Waals surface area contributed by atoms with E-state index in [1.165, 1.54) is 11.1 Å². The predicted molar refractivity (Wildman–Crippen MR) is 106 cm³/mol. The summed E-state index contributed by atoms with van der Waals surface area (Å²) in [5, 5.41) is 0.816. The number of methoxy groups -OCH3 is 2. The van der Waals surface area contributed by atoms with Crippen molar-refractivity contribution in [3.63, 3.8) is 0 Å². The Kier molecular flexibility index (Phi) is 7.70. The summed E-state index contributed by atoms with van der Waals surface area (Å²) in [4.78, 5) is 4.27. The fourth-order valence-corrected chi connectivity index (χ4v) is 2.78. The molecular formula is C20H26N2O2S. The molecule has 0 saturated heterocycles. The molecule has 0 bridgehead atoms. The largest absolute Gasteiger partial charge is 0.497 e. The van der Waals surface area contributed by atoms with Crippen LogP contribution in [0.4, 0.5) is 0 Å². The molecule has 0 radical (unpaired) electrons. The zero-order valence-corrected chi connectivity index (χ0v) is 16.0. The second kappa shape index (κ2) is 10.0. The average molecular weight is 359 g/mol. The van der Waals surface area contributed by atoms with Crippen molar-refractivity contribution in [3.05, 3.63) is 65.7 Å². The molecule has 0 N–H and O–H groups in total. The van der Waals surface area contributed by atoms with Gasteiger partial charge in [-0.05, 0) is 35.5 Å². The Balaban J connectivity index is 2.04. The molecule has 5 heteroatoms. The van der Waals surface area contributed by atoms with E-state index < -0.39 is 0 Å². The number of benzene rings is 2. The summed E-state index contributed by atoms with van der Waals surface area (Å²) in [6.07, 6.45) is 0. The molecule has 0 spiro atoms. The van der Waals surface area contributed by atoms with Gasteiger partial charge in [0.2, 0.25) is 0 Å². The van der Waals surface area contributed by atoms with Crippen molar-refractivity contribution in [1.82, 2.24) is 9.80 Å². The van der Waals surface area contributed by atoms with Crippen LogP contribution >= 0.6 is 12.2 Å². The van der Waals surface area contributed by atoms with Gasteiger partial charge in [-0.3, -0.25) is 0 Å². The monoisotopic (exact) mass is 358 g/mol. The minimum Gasteiger partial charge on any atom is -0.497 e. The second-order valence-electron chi connectivity index (χ2n) is 5.89. The summed E-state index contributed by atoms with van der Waals surface area (Å²) in [5.74, 6) is 0.857. The molecule has 0 aliphatic heterocycles. The van der Waals surface area contributed by atoms with E-state index in [4.69, 9.17) is 21.7 Å². The summed E-state index contributed by atoms with van der Waals surface area (Å²) in [6, 6.07) is 18.4. The van der Waals surface area contributed by atoms with Gasteiger partial charge >= 0.3 is 0 Å². The molecule has 0 aromatic heterocycles. The fourth-order valence-electron chi connectivity index (χ4n) is 2.56. The molecule has 25 heavy (non-hydrogen) atoms. The van der Waals surface area contributed by atoms with Crippen LogP contribution in [0.3, 0.4) is 0 Å². The number of hydrogen-bond acceptors (Lipinski definition) is 3. The number of rotatable bonds is 8. The molecule has 4 nitrogen and oxygen atoms in total. The van der Waals surface area contributed by atoms with Crippen molar-refractivity contribution in [2.24, 2.45) is 0 Å². The lowest BCUT2D eigenvalue weighted by molar-refractivity contribution is 0.170. The fraction of sp³-hybridized carbons (Fsp3) is 0.350. The van der Waals surface area contributed by atoms with Crippen LogP contribution in [0.2, 0.25) is 0 Å². The zero-order valence-electron chi connectivity index (χ0n) is 15.1. The minimum atomic E-state index is 0.634. The maximum Gasteiger partial charge on any atom is 0.171 e. The minimum absolute atomic E-state index is 0.634. The number of hydrogen-bond donors (Lipinski definition) is 0. The lowest BCUT2D eigenvalue weighted by atomic mass is 10.2. The molecule has 0 fully saturated rings. The quantitative estimate of drug-likeness (QED) is 0.672. The van der Waals surface area contributed by atoms with Crippen molar-refractivity contribution >= 4 is 17.3 Å². The SMILES string of the molecule is COCCN(Cc1ccc(OC)cc1)C(=S)N(C)Cc1ccccc1. The second-order valence-corrected chi connectivity index (χ2v) is 6.25. The Morgan fingerprint density at radius 2 is 1.56 bits per heavy atom. The molecular weight excluding hydrogens is 332 g/mol. The lowest BCUT2D eigenvalue weighted by Crippen LogP contribution is -2.41. The molecule has 0 aliphatic carbocycles. The van der Waals surface area contributed by atoms with Gasteiger partial charge in [-0.2, -0.15) is 0 Å². The van der Waals surface area contributed by atoms with Gasteiger partial charge in [0.15, 0.2) is 5.11 Å². The Bertz CT molecular complexity index is 647. The van der Waals surface area contributed by atoms with Gasteiger partial charge in [-0.25, -0.2) is 0 Å². The summed E-state index contributed by atoms with van der Waals surface area (Å²) in [5.41, 5.74) is 2.43. The Morgan fingerprint density at radius 3 is 2.16 bits per heavy atom. The Hall–Kier alpha value is -2.11. The maximum absolute atomic E-state index is 5.73. The predicted octanol–water partition coefficient (Wildman–Crippen LogP) is 3.56. The molecule has 2 aromatic rings. The maximum atomic E-state index is 5.73. The Labute approximate surface area is 156 Å². The van der Waals surface area contributed by atoms with Gasteiger partial charge in [0.05, 0.1) is 13.7 Å². The van der Waals surface area contributed by atoms with Crippen molar-refractivity contribution in [3.8, 4) is 5.75 Å². The van der Waals surface area contributed by atoms with E-state index in [1.807, 2.05) is 37.4 Å². The highest BCUT2D eigenvalue weighted by molar-refractivity contribution is 7.80. The van der Waals surface area contributed by atoms with Gasteiger partial charge < -0.3 is 19.3 Å². The third kappa shape index (κ3) is 6.03. The zero-order chi connectivity index (χ0) is 18.1. The van der Waals surface area contributed by atoms with Crippen LogP contribution in [0.25, 0.3) is 0 Å². The van der Waals surface area contributed by atoms with E-state index in [9.17, 15) is 0 Å². The molecule has 2 rings (SSSR count). The van der Waals surface area contributed by atoms with E-state index >= 15 is 0 Å². The highest BCUT2D eigenvalue weighted by Gasteiger charge is 2.15. The first-order valence-electron chi connectivity index (χ1n) is 8.30. The number of thiocarbonyl (C=S) groups is 1. The van der Waals surface area contributed by atoms with E-state index in [0.717, 1.165) is 30.5 Å². The number of nitrogens with zero attached hydrogens (tertiary/aromatic N) is 2. The van der Waals surface area contributed by atoms with Crippen LogP contribution in [0.5, 0.6) is 5.75 Å². The van der Waals surface area contributed by atoms with Gasteiger partial charge in [0, 0.05) is 33.8 Å². The summed E-state index contributed by atoms with van der Waals surface area (Å²) >= 11 is 5.73. The van der Waals surface area contributed by atoms with Gasteiger partial charge in [-0.15, -0.1) is 0 Å². The highest BCUT2D eigenvalue weighted by atomic mass is 32.1. The number of ether oxygens (including phenoxy) is 2. The van der Waals surface area contributed by atoms with Crippen molar-refractivity contribution < 1.29 is 9.47 Å². The van der Waals surface area contributed by atoms with E-state index in [2.05, 4.69) is 34.1 Å². The van der Waals surface area contributed by atoms with Crippen molar-refractivity contribution in [1.29, 1.82) is 0 Å². The van der Waals surface area contributed by atoms with E-state index in [-0.39, 0.29) is 0 Å². The molecule has 0 unspecified atom stereocenters. The summed E-state index contributed by atoms with van der Waals surface area (Å²) in [7, 11) is 5.42. The molecule has 0 atom stereocenters. The molecule has 0 amide bonds. The first-order valence-corrected chi connectivity index (χ1v) is 8.70. The summed E-state index contributed by atoms with van der Waals surface area (Å²) < 4.78 is 10.5. The Morgan fingerprint density at radius 1 is 0.920 bits per heavy atom. The van der Waals surface area contributed by atoms with Crippen molar-refractivity contribution in [2.45, 2.75) is 13.1 Å². The third-order valence-electron chi connectivity index (χ3n) is 3.96. The van der Waals surface area contributed by atoms with Crippen LogP contribution in [0, 0.1) is 0 Å². The standard InChI is InChI=1S/C20H26N2O2S/c1-21(15-17-7-5-4-6-8-17)20(25)22(13-14-23-2)16-18-9-11-19(24-3)12-10-18/h4-12H,13-16H2,1-3H3. The summed E-state index contributed by atoms with van der Waals surface area (Å²) in [6.45, 7) is 2.91. The van der Waals surface area contributed by atoms with E-state index in [1.54, 1.807) is 14.2 Å². The van der Waals surface area contributed by atoms with Crippen LogP contribution < -0.4 is 4.74 Å². The first kappa shape index (κ1) is 19.2. The van der Waals surface area contributed by atoms with Crippen LogP contribution in [0.1, 0.15) is 11.1 Å². The lowest BCUT2D eigenvalue weighted by Gasteiger charge is -2.31. The van der Waals surface area contributed by atoms with E-state index in [0.29, 0.717) is 6.61 Å². The highest BCUT2D eigenvalue weighted by Crippen LogP contribution is 2.14. The molecule has 0 saturated carbocycles. The smallest absolute Gasteiger partial charge is 0.171 e. The topological polar surface area (TPSA) is 24.9 Å². The van der Waals surface area contributed by atoms with Crippen LogP contribution in [-0.4, -0.2) is 49.3 Å². The molecule has 134 valence electrons. The van der Waals surface area contributed by atoms with Crippen LogP contribution in [0.15, 0.2) is 54.6 Å². The van der Waals surface area contributed by atoms with Gasteiger partial charge in [0.25, 0.3) is 0 Å². The van der Waals surface area contributed by atoms with Gasteiger partial charge in [-0.1, -0.05) is 42.5 Å². The van der Waals surface area contributed by atoms with Gasteiger partial charge in [0.1, 0.15) is 5.75 Å².